The maximum Gasteiger partial charge on any atom is 0.368 e. The van der Waals surface area contributed by atoms with E-state index in [0.717, 1.165) is 24.2 Å². The average Bonchev–Trinajstić information content (AvgIpc) is 3.03. The van der Waals surface area contributed by atoms with Gasteiger partial charge in [0.2, 0.25) is 0 Å². The second-order valence-electron chi connectivity index (χ2n) is 5.99. The molecule has 0 aliphatic carbocycles. The van der Waals surface area contributed by atoms with Gasteiger partial charge in [-0.1, -0.05) is 42.2 Å². The molecule has 0 unspecified atom stereocenters. The number of benzene rings is 2. The average molecular weight is 386 g/mol. The zero-order chi connectivity index (χ0) is 19.2. The maximum absolute atomic E-state index is 12.2. The van der Waals surface area contributed by atoms with Crippen LogP contribution in [0.5, 0.6) is 11.5 Å². The molecule has 6 heteroatoms. The summed E-state index contributed by atoms with van der Waals surface area (Å²) in [5, 5.41) is 4.43. The molecule has 0 saturated heterocycles. The summed E-state index contributed by atoms with van der Waals surface area (Å²) >= 11 is 6.10. The molecule has 27 heavy (non-hydrogen) atoms. The zero-order valence-electron chi connectivity index (χ0n) is 15.2. The van der Waals surface area contributed by atoms with E-state index in [-0.39, 0.29) is 0 Å². The number of ether oxygens (including phenoxy) is 2. The summed E-state index contributed by atoms with van der Waals surface area (Å²) in [6.07, 6.45) is 3.82. The predicted molar refractivity (Wildman–Crippen MR) is 105 cm³/mol. The van der Waals surface area contributed by atoms with Crippen LogP contribution in [0.2, 0.25) is 5.02 Å². The lowest BCUT2D eigenvalue weighted by Gasteiger charge is -2.08. The van der Waals surface area contributed by atoms with Gasteiger partial charge in [-0.05, 0) is 48.4 Å². The first-order valence-electron chi connectivity index (χ1n) is 8.70. The van der Waals surface area contributed by atoms with Crippen LogP contribution in [0.15, 0.2) is 53.2 Å². The van der Waals surface area contributed by atoms with E-state index in [1.165, 1.54) is 0 Å². The molecule has 0 atom stereocenters. The minimum atomic E-state index is -0.518. The van der Waals surface area contributed by atoms with Crippen LogP contribution in [0.3, 0.4) is 0 Å². The summed E-state index contributed by atoms with van der Waals surface area (Å²) in [6, 6.07) is 12.6. The summed E-state index contributed by atoms with van der Waals surface area (Å²) < 4.78 is 11.0. The highest BCUT2D eigenvalue weighted by Crippen LogP contribution is 2.29. The number of halogens is 1. The van der Waals surface area contributed by atoms with Crippen LogP contribution in [0, 0.1) is 0 Å². The van der Waals surface area contributed by atoms with E-state index >= 15 is 0 Å². The summed E-state index contributed by atoms with van der Waals surface area (Å²) in [4.78, 5) is 17.1. The Morgan fingerprint density at radius 2 is 1.96 bits per heavy atom. The highest BCUT2D eigenvalue weighted by Gasteiger charge is 2.29. The number of hydrogen-bond donors (Lipinski definition) is 0. The molecule has 0 spiro atoms. The molecule has 3 rings (SSSR count). The van der Waals surface area contributed by atoms with Crippen LogP contribution in [-0.4, -0.2) is 25.4 Å². The number of oxime groups is 1. The van der Waals surface area contributed by atoms with Gasteiger partial charge in [0.25, 0.3) is 0 Å². The zero-order valence-corrected chi connectivity index (χ0v) is 16.0. The van der Waals surface area contributed by atoms with E-state index in [4.69, 9.17) is 25.9 Å². The molecule has 0 aromatic heterocycles. The fraction of sp³-hybridized carbons (Fsp3) is 0.238. The largest absolute Gasteiger partial charge is 0.496 e. The van der Waals surface area contributed by atoms with Gasteiger partial charge >= 0.3 is 5.97 Å². The third kappa shape index (κ3) is 4.49. The van der Waals surface area contributed by atoms with Crippen molar-refractivity contribution >= 4 is 29.4 Å². The third-order valence-corrected chi connectivity index (χ3v) is 4.30. The highest BCUT2D eigenvalue weighted by molar-refractivity contribution is 6.34. The van der Waals surface area contributed by atoms with E-state index in [1.807, 2.05) is 24.3 Å². The van der Waals surface area contributed by atoms with Crippen LogP contribution in [-0.2, 0) is 9.63 Å². The first kappa shape index (κ1) is 19.0. The van der Waals surface area contributed by atoms with Crippen molar-refractivity contribution in [1.82, 2.24) is 0 Å². The molecule has 1 aliphatic heterocycles. The Hall–Kier alpha value is -2.79. The van der Waals surface area contributed by atoms with Crippen LogP contribution in [0.4, 0.5) is 0 Å². The smallest absolute Gasteiger partial charge is 0.368 e. The summed E-state index contributed by atoms with van der Waals surface area (Å²) in [5.41, 5.74) is 2.17. The number of unbranched alkanes of at least 4 members (excludes halogenated alkanes) is 1. The number of hydrogen-bond acceptors (Lipinski definition) is 5. The molecule has 1 heterocycles. The molecule has 0 fully saturated rings. The molecule has 1 aliphatic rings. The highest BCUT2D eigenvalue weighted by atomic mass is 35.5. The van der Waals surface area contributed by atoms with Crippen LogP contribution in [0.1, 0.15) is 30.9 Å². The first-order valence-corrected chi connectivity index (χ1v) is 9.08. The molecule has 0 N–H and O–H groups in total. The molecule has 0 saturated carbocycles. The summed E-state index contributed by atoms with van der Waals surface area (Å²) in [7, 11) is 1.55. The number of methoxy groups -OCH3 is 1. The Bertz CT molecular complexity index is 888. The van der Waals surface area contributed by atoms with Crippen molar-refractivity contribution < 1.29 is 19.1 Å². The van der Waals surface area contributed by atoms with Crippen molar-refractivity contribution in [2.24, 2.45) is 5.16 Å². The minimum Gasteiger partial charge on any atom is -0.496 e. The third-order valence-electron chi connectivity index (χ3n) is 4.07. The quantitative estimate of drug-likeness (QED) is 0.387. The van der Waals surface area contributed by atoms with Gasteiger partial charge in [0.05, 0.1) is 19.3 Å². The van der Waals surface area contributed by atoms with Gasteiger partial charge in [0.15, 0.2) is 0 Å². The molecule has 0 bridgehead atoms. The van der Waals surface area contributed by atoms with Crippen molar-refractivity contribution in [3.63, 3.8) is 0 Å². The fourth-order valence-corrected chi connectivity index (χ4v) is 2.80. The summed E-state index contributed by atoms with van der Waals surface area (Å²) in [5.74, 6) is 0.835. The topological polar surface area (TPSA) is 57.1 Å². The molecule has 0 amide bonds. The molecule has 2 aromatic rings. The van der Waals surface area contributed by atoms with E-state index in [0.29, 0.717) is 34.2 Å². The van der Waals surface area contributed by atoms with Gasteiger partial charge in [0, 0.05) is 10.6 Å². The first-order chi connectivity index (χ1) is 13.1. The predicted octanol–water partition coefficient (Wildman–Crippen LogP) is 4.87. The van der Waals surface area contributed by atoms with Gasteiger partial charge in [-0.15, -0.1) is 0 Å². The number of nitrogens with zero attached hydrogens (tertiary/aromatic N) is 1. The lowest BCUT2D eigenvalue weighted by atomic mass is 10.00. The lowest BCUT2D eigenvalue weighted by Crippen LogP contribution is -2.08. The second kappa shape index (κ2) is 8.73. The Labute approximate surface area is 163 Å². The standard InChI is InChI=1S/C21H20ClNO4/c1-3-4-11-26-16-8-5-14(6-9-16)12-18-20(23-27-21(18)24)17-13-15(22)7-10-19(17)25-2/h5-10,12-13H,3-4,11H2,1-2H3. The van der Waals surface area contributed by atoms with Crippen molar-refractivity contribution in [1.29, 1.82) is 0 Å². The molecule has 5 nitrogen and oxygen atoms in total. The Balaban J connectivity index is 1.87. The summed E-state index contributed by atoms with van der Waals surface area (Å²) in [6.45, 7) is 2.81. The molecule has 2 aromatic carbocycles. The van der Waals surface area contributed by atoms with Crippen molar-refractivity contribution in [3.05, 3.63) is 64.2 Å². The minimum absolute atomic E-state index is 0.343. The number of rotatable bonds is 7. The van der Waals surface area contributed by atoms with Crippen molar-refractivity contribution in [2.45, 2.75) is 19.8 Å². The maximum atomic E-state index is 12.2. The van der Waals surface area contributed by atoms with E-state index in [1.54, 1.807) is 31.4 Å². The van der Waals surface area contributed by atoms with Crippen LogP contribution in [0.25, 0.3) is 6.08 Å². The SMILES string of the molecule is CCCCOc1ccc(C=C2C(=O)ON=C2c2cc(Cl)ccc2OC)cc1. The molecular weight excluding hydrogens is 366 g/mol. The number of carbonyl (C=O) groups is 1. The van der Waals surface area contributed by atoms with Gasteiger partial charge < -0.3 is 14.3 Å². The lowest BCUT2D eigenvalue weighted by molar-refractivity contribution is -0.136. The van der Waals surface area contributed by atoms with Gasteiger partial charge in [0.1, 0.15) is 17.2 Å². The Kier molecular flexibility index (Phi) is 6.14. The fourth-order valence-electron chi connectivity index (χ4n) is 2.63. The van der Waals surface area contributed by atoms with Gasteiger partial charge in [-0.2, -0.15) is 0 Å². The van der Waals surface area contributed by atoms with Crippen LogP contribution < -0.4 is 9.47 Å². The van der Waals surface area contributed by atoms with Crippen molar-refractivity contribution in [2.75, 3.05) is 13.7 Å². The Morgan fingerprint density at radius 3 is 2.67 bits per heavy atom. The molecule has 0 radical (unpaired) electrons. The Morgan fingerprint density at radius 1 is 1.19 bits per heavy atom. The molecular formula is C21H20ClNO4. The normalized spacial score (nSPS) is 14.9. The monoisotopic (exact) mass is 385 g/mol. The van der Waals surface area contributed by atoms with Gasteiger partial charge in [-0.3, -0.25) is 0 Å². The molecule has 140 valence electrons. The van der Waals surface area contributed by atoms with E-state index in [9.17, 15) is 4.79 Å². The van der Waals surface area contributed by atoms with Crippen molar-refractivity contribution in [3.8, 4) is 11.5 Å². The van der Waals surface area contributed by atoms with Crippen LogP contribution >= 0.6 is 11.6 Å². The second-order valence-corrected chi connectivity index (χ2v) is 6.43. The number of carbonyl (C=O) groups excluding carboxylic acids is 1. The van der Waals surface area contributed by atoms with Gasteiger partial charge in [-0.25, -0.2) is 4.79 Å². The van der Waals surface area contributed by atoms with E-state index in [2.05, 4.69) is 12.1 Å². The van der Waals surface area contributed by atoms with E-state index < -0.39 is 5.97 Å².